The topological polar surface area (TPSA) is 135 Å². The minimum absolute atomic E-state index is 0.194. The lowest BCUT2D eigenvalue weighted by Crippen LogP contribution is -2.41. The van der Waals surface area contributed by atoms with Gasteiger partial charge in [-0.25, -0.2) is 0 Å². The molecule has 1 unspecified atom stereocenters. The Balaban J connectivity index is 0. The molecule has 0 aliphatic carbocycles. The van der Waals surface area contributed by atoms with Crippen LogP contribution in [0.5, 0.6) is 0 Å². The number of hydrogen-bond acceptors (Lipinski definition) is 7. The van der Waals surface area contributed by atoms with E-state index in [2.05, 4.69) is 0 Å². The van der Waals surface area contributed by atoms with Crippen LogP contribution in [0.3, 0.4) is 0 Å². The number of aliphatic hydroxyl groups is 5. The van der Waals surface area contributed by atoms with Crippen LogP contribution in [0.2, 0.25) is 0 Å². The van der Waals surface area contributed by atoms with Gasteiger partial charge in [0, 0.05) is 0 Å². The second-order valence-electron chi connectivity index (χ2n) is 2.26. The van der Waals surface area contributed by atoms with Crippen molar-refractivity contribution < 1.29 is 35.1 Å². The number of carbonyl (C=O) groups excluding carboxylic acids is 2. The molecule has 7 heteroatoms. The van der Waals surface area contributed by atoms with Crippen molar-refractivity contribution in [2.75, 3.05) is 13.2 Å². The Kier molecular flexibility index (Phi) is 11.4. The van der Waals surface area contributed by atoms with Crippen molar-refractivity contribution in [3.63, 3.8) is 0 Å². The van der Waals surface area contributed by atoms with Crippen LogP contribution in [0.15, 0.2) is 0 Å². The molecule has 5 N–H and O–H groups in total. The second kappa shape index (κ2) is 10.2. The third-order valence-electron chi connectivity index (χ3n) is 1.22. The number of rotatable bonds is 5. The van der Waals surface area contributed by atoms with E-state index in [1.807, 2.05) is 0 Å². The fraction of sp³-hybridized carbons (Fsp3) is 0.714. The van der Waals surface area contributed by atoms with Crippen LogP contribution in [-0.2, 0) is 9.59 Å². The Bertz CT molecular complexity index is 133. The van der Waals surface area contributed by atoms with Gasteiger partial charge in [0.05, 0.1) is 13.2 Å². The van der Waals surface area contributed by atoms with Crippen LogP contribution in [0.4, 0.5) is 0 Å². The van der Waals surface area contributed by atoms with Crippen molar-refractivity contribution in [3.8, 4) is 0 Å². The van der Waals surface area contributed by atoms with Crippen LogP contribution >= 0.6 is 0 Å². The molecule has 0 aliphatic rings. The van der Waals surface area contributed by atoms with E-state index in [1.54, 1.807) is 0 Å². The van der Waals surface area contributed by atoms with Gasteiger partial charge in [-0.05, 0) is 0 Å². The van der Waals surface area contributed by atoms with Crippen molar-refractivity contribution in [1.82, 2.24) is 0 Å². The molecule has 7 nitrogen and oxygen atoms in total. The van der Waals surface area contributed by atoms with E-state index in [-0.39, 0.29) is 12.6 Å². The molecule has 0 aliphatic heterocycles. The van der Waals surface area contributed by atoms with E-state index in [1.165, 1.54) is 0 Å². The lowest BCUT2D eigenvalue weighted by molar-refractivity contribution is -0.122. The van der Waals surface area contributed by atoms with E-state index in [4.69, 9.17) is 35.1 Å². The Morgan fingerprint density at radius 1 is 0.857 bits per heavy atom. The zero-order chi connectivity index (χ0) is 11.6. The highest BCUT2D eigenvalue weighted by Gasteiger charge is 2.22. The molecule has 0 aromatic carbocycles. The Hall–Kier alpha value is -0.860. The molecule has 0 fully saturated rings. The van der Waals surface area contributed by atoms with Crippen LogP contribution in [0.25, 0.3) is 0 Å². The normalized spacial score (nSPS) is 15.8. The van der Waals surface area contributed by atoms with Crippen molar-refractivity contribution in [3.05, 3.63) is 0 Å². The van der Waals surface area contributed by atoms with Gasteiger partial charge < -0.3 is 25.5 Å². The highest BCUT2D eigenvalue weighted by molar-refractivity contribution is 6.09. The molecule has 0 saturated heterocycles. The van der Waals surface area contributed by atoms with Crippen LogP contribution < -0.4 is 0 Å². The van der Waals surface area contributed by atoms with Gasteiger partial charge in [-0.15, -0.1) is 0 Å². The van der Waals surface area contributed by atoms with Gasteiger partial charge in [-0.1, -0.05) is 0 Å². The quantitative estimate of drug-likeness (QED) is 0.234. The smallest absolute Gasteiger partial charge is 0.182 e. The Labute approximate surface area is 80.2 Å². The van der Waals surface area contributed by atoms with Crippen molar-refractivity contribution in [2.24, 2.45) is 0 Å². The fourth-order valence-electron chi connectivity index (χ4n) is 0.472. The van der Waals surface area contributed by atoms with E-state index in [0.717, 1.165) is 0 Å². The molecule has 3 atom stereocenters. The van der Waals surface area contributed by atoms with Crippen molar-refractivity contribution in [1.29, 1.82) is 0 Å². The molecule has 0 saturated carbocycles. The minimum atomic E-state index is -1.49. The van der Waals surface area contributed by atoms with E-state index in [0.29, 0.717) is 0 Å². The fourth-order valence-corrected chi connectivity index (χ4v) is 0.472. The largest absolute Gasteiger partial charge is 0.394 e. The Morgan fingerprint density at radius 2 is 1.14 bits per heavy atom. The lowest BCUT2D eigenvalue weighted by atomic mass is 10.1. The molecule has 0 aromatic rings. The summed E-state index contributed by atoms with van der Waals surface area (Å²) in [5, 5.41) is 42.6. The molecule has 0 heterocycles. The third-order valence-corrected chi connectivity index (χ3v) is 1.22. The molecule has 0 amide bonds. The van der Waals surface area contributed by atoms with Crippen molar-refractivity contribution >= 4 is 12.6 Å². The molecular formula is C7H14O7. The highest BCUT2D eigenvalue weighted by Crippen LogP contribution is 1.97. The molecule has 0 bridgehead atoms. The maximum absolute atomic E-state index is 8.81. The summed E-state index contributed by atoms with van der Waals surface area (Å²) in [7, 11) is 0. The van der Waals surface area contributed by atoms with Gasteiger partial charge >= 0.3 is 0 Å². The van der Waals surface area contributed by atoms with Gasteiger partial charge in [0.15, 0.2) is 12.6 Å². The minimum Gasteiger partial charge on any atom is -0.394 e. The lowest BCUT2D eigenvalue weighted by Gasteiger charge is -2.19. The first-order valence-corrected chi connectivity index (χ1v) is 3.69. The highest BCUT2D eigenvalue weighted by atomic mass is 16.4. The molecule has 14 heavy (non-hydrogen) atoms. The molecular weight excluding hydrogens is 196 g/mol. The summed E-state index contributed by atoms with van der Waals surface area (Å²) >= 11 is 0. The molecule has 0 aromatic heterocycles. The summed E-state index contributed by atoms with van der Waals surface area (Å²) in [5.74, 6) is 0. The predicted octanol–water partition coefficient (Wildman–Crippen LogP) is -3.56. The van der Waals surface area contributed by atoms with Gasteiger partial charge in [-0.3, -0.25) is 9.59 Å². The number of hydrogen-bond donors (Lipinski definition) is 5. The second-order valence-corrected chi connectivity index (χ2v) is 2.26. The summed E-state index contributed by atoms with van der Waals surface area (Å²) < 4.78 is 0. The monoisotopic (exact) mass is 210 g/mol. The van der Waals surface area contributed by atoms with Gasteiger partial charge in [0.25, 0.3) is 0 Å². The Morgan fingerprint density at radius 3 is 1.29 bits per heavy atom. The average molecular weight is 210 g/mol. The van der Waals surface area contributed by atoms with Gasteiger partial charge in [-0.2, -0.15) is 0 Å². The summed E-state index contributed by atoms with van der Waals surface area (Å²) in [6.07, 6.45) is -3.90. The van der Waals surface area contributed by atoms with Crippen LogP contribution in [0.1, 0.15) is 0 Å². The third kappa shape index (κ3) is 7.77. The van der Waals surface area contributed by atoms with E-state index < -0.39 is 31.5 Å². The maximum Gasteiger partial charge on any atom is 0.182 e. The number of aliphatic hydroxyl groups excluding tert-OH is 5. The maximum atomic E-state index is 8.81. The van der Waals surface area contributed by atoms with Crippen LogP contribution in [0, 0.1) is 0 Å². The van der Waals surface area contributed by atoms with Gasteiger partial charge in [0.2, 0.25) is 0 Å². The van der Waals surface area contributed by atoms with Gasteiger partial charge in [0.1, 0.15) is 18.3 Å². The zero-order valence-electron chi connectivity index (χ0n) is 7.35. The summed E-state index contributed by atoms with van der Waals surface area (Å²) in [4.78, 5) is 17.6. The number of carbonyl (C=O) groups is 2. The first-order valence-electron chi connectivity index (χ1n) is 3.69. The molecule has 0 rings (SSSR count). The molecule has 0 spiro atoms. The molecule has 84 valence electrons. The summed E-state index contributed by atoms with van der Waals surface area (Å²) in [6, 6.07) is 0. The average Bonchev–Trinajstić information content (AvgIpc) is 2.26. The summed E-state index contributed by atoms with van der Waals surface area (Å²) in [6.45, 7) is -1.28. The first-order chi connectivity index (χ1) is 6.54. The molecule has 0 radical (unpaired) electrons. The summed E-state index contributed by atoms with van der Waals surface area (Å²) in [5.41, 5.74) is 0. The van der Waals surface area contributed by atoms with Crippen molar-refractivity contribution in [2.45, 2.75) is 18.3 Å². The first kappa shape index (κ1) is 15.6. The predicted molar refractivity (Wildman–Crippen MR) is 44.3 cm³/mol. The SMILES string of the molecule is O=CC=O.OC[C@@H](O)C(O)[C@@H](O)CO. The standard InChI is InChI=1S/C5H12O5.C2H2O2/c6-1-3(8)5(10)4(9)2-7;3-1-2-4/h3-10H,1-2H2;1-2H/t3-,4+,5?;. The van der Waals surface area contributed by atoms with E-state index in [9.17, 15) is 0 Å². The van der Waals surface area contributed by atoms with Crippen LogP contribution in [-0.4, -0.2) is 69.6 Å². The zero-order valence-corrected chi connectivity index (χ0v) is 7.35. The van der Waals surface area contributed by atoms with E-state index >= 15 is 0 Å². The number of aldehydes is 2.